The van der Waals surface area contributed by atoms with Crippen LogP contribution in [0.4, 0.5) is 10.3 Å². The average molecular weight is 245 g/mol. The number of halogens is 1. The summed E-state index contributed by atoms with van der Waals surface area (Å²) in [6.45, 7) is 0. The summed E-state index contributed by atoms with van der Waals surface area (Å²) >= 11 is 0. The summed E-state index contributed by atoms with van der Waals surface area (Å²) in [6, 6.07) is 5.02. The van der Waals surface area contributed by atoms with Crippen LogP contribution < -0.4 is 5.73 Å². The van der Waals surface area contributed by atoms with E-state index in [1.54, 1.807) is 6.07 Å². The van der Waals surface area contributed by atoms with E-state index in [9.17, 15) is 4.39 Å². The minimum absolute atomic E-state index is 0.174. The molecule has 1 fully saturated rings. The zero-order valence-electron chi connectivity index (χ0n) is 10.2. The molecule has 94 valence electrons. The van der Waals surface area contributed by atoms with Crippen molar-refractivity contribution in [3.63, 3.8) is 0 Å². The minimum Gasteiger partial charge on any atom is -0.368 e. The smallest absolute Gasteiger partial charge is 0.220 e. The van der Waals surface area contributed by atoms with E-state index in [2.05, 4.69) is 9.97 Å². The molecule has 1 aromatic heterocycles. The van der Waals surface area contributed by atoms with Crippen LogP contribution in [0.3, 0.4) is 0 Å². The van der Waals surface area contributed by atoms with E-state index in [-0.39, 0.29) is 11.8 Å². The highest BCUT2D eigenvalue weighted by Crippen LogP contribution is 2.35. The molecule has 4 heteroatoms. The molecule has 0 amide bonds. The molecule has 1 aliphatic carbocycles. The van der Waals surface area contributed by atoms with Gasteiger partial charge in [0, 0.05) is 11.3 Å². The molecular formula is C14H16FN3. The van der Waals surface area contributed by atoms with Crippen LogP contribution in [-0.4, -0.2) is 9.97 Å². The van der Waals surface area contributed by atoms with E-state index < -0.39 is 0 Å². The second kappa shape index (κ2) is 4.52. The van der Waals surface area contributed by atoms with E-state index >= 15 is 0 Å². The summed E-state index contributed by atoms with van der Waals surface area (Å²) in [7, 11) is 0. The van der Waals surface area contributed by atoms with Gasteiger partial charge < -0.3 is 5.73 Å². The predicted molar refractivity (Wildman–Crippen MR) is 69.7 cm³/mol. The third kappa shape index (κ3) is 1.92. The zero-order chi connectivity index (χ0) is 12.5. The van der Waals surface area contributed by atoms with E-state index in [0.717, 1.165) is 23.9 Å². The Bertz CT molecular complexity index is 577. The summed E-state index contributed by atoms with van der Waals surface area (Å²) in [5.41, 5.74) is 6.99. The third-order valence-electron chi connectivity index (χ3n) is 3.72. The number of nitrogens with zero attached hydrogens (tertiary/aromatic N) is 2. The van der Waals surface area contributed by atoms with Gasteiger partial charge in [-0.15, -0.1) is 0 Å². The molecule has 0 saturated heterocycles. The molecular weight excluding hydrogens is 229 g/mol. The maximum absolute atomic E-state index is 13.8. The van der Waals surface area contributed by atoms with Crippen LogP contribution in [0.2, 0.25) is 0 Å². The first-order valence-electron chi connectivity index (χ1n) is 6.47. The predicted octanol–water partition coefficient (Wildman–Crippen LogP) is 3.40. The normalized spacial score (nSPS) is 17.2. The Hall–Kier alpha value is -1.71. The van der Waals surface area contributed by atoms with E-state index in [0.29, 0.717) is 11.4 Å². The van der Waals surface area contributed by atoms with Gasteiger partial charge in [-0.3, -0.25) is 0 Å². The molecule has 2 N–H and O–H groups in total. The molecule has 0 spiro atoms. The number of anilines is 1. The number of nitrogen functional groups attached to an aromatic ring is 1. The summed E-state index contributed by atoms with van der Waals surface area (Å²) in [5, 5.41) is 0.816. The number of rotatable bonds is 1. The lowest BCUT2D eigenvalue weighted by Gasteiger charge is -2.22. The fourth-order valence-corrected chi connectivity index (χ4v) is 2.85. The number of para-hydroxylation sites is 1. The lowest BCUT2D eigenvalue weighted by molar-refractivity contribution is 0.439. The first kappa shape index (κ1) is 11.4. The van der Waals surface area contributed by atoms with Crippen LogP contribution in [0.1, 0.15) is 43.7 Å². The van der Waals surface area contributed by atoms with Crippen LogP contribution in [0, 0.1) is 5.82 Å². The lowest BCUT2D eigenvalue weighted by Crippen LogP contribution is -2.10. The van der Waals surface area contributed by atoms with Crippen molar-refractivity contribution >= 4 is 16.9 Å². The van der Waals surface area contributed by atoms with Crippen molar-refractivity contribution in [3.8, 4) is 0 Å². The third-order valence-corrected chi connectivity index (χ3v) is 3.72. The first-order valence-corrected chi connectivity index (χ1v) is 6.47. The van der Waals surface area contributed by atoms with Crippen molar-refractivity contribution in [1.29, 1.82) is 0 Å². The number of fused-ring (bicyclic) bond motifs is 1. The fraction of sp³-hybridized carbons (Fsp3) is 0.429. The molecule has 0 bridgehead atoms. The van der Waals surface area contributed by atoms with Crippen molar-refractivity contribution in [3.05, 3.63) is 29.7 Å². The summed E-state index contributed by atoms with van der Waals surface area (Å²) in [4.78, 5) is 8.39. The molecule has 0 atom stereocenters. The van der Waals surface area contributed by atoms with Crippen LogP contribution in [0.15, 0.2) is 18.2 Å². The molecule has 1 heterocycles. The van der Waals surface area contributed by atoms with Crippen molar-refractivity contribution in [1.82, 2.24) is 9.97 Å². The van der Waals surface area contributed by atoms with Crippen LogP contribution in [0.25, 0.3) is 10.9 Å². The number of hydrogen-bond donors (Lipinski definition) is 1. The number of hydrogen-bond acceptors (Lipinski definition) is 3. The Balaban J connectivity index is 2.18. The van der Waals surface area contributed by atoms with Gasteiger partial charge in [-0.1, -0.05) is 31.4 Å². The molecule has 3 nitrogen and oxygen atoms in total. The molecule has 3 rings (SSSR count). The summed E-state index contributed by atoms with van der Waals surface area (Å²) in [6.07, 6.45) is 5.93. The Morgan fingerprint density at radius 3 is 2.67 bits per heavy atom. The minimum atomic E-state index is -0.321. The zero-order valence-corrected chi connectivity index (χ0v) is 10.2. The van der Waals surface area contributed by atoms with Gasteiger partial charge >= 0.3 is 0 Å². The first-order chi connectivity index (χ1) is 8.75. The highest BCUT2D eigenvalue weighted by Gasteiger charge is 2.21. The highest BCUT2D eigenvalue weighted by atomic mass is 19.1. The maximum atomic E-state index is 13.8. The van der Waals surface area contributed by atoms with Crippen LogP contribution >= 0.6 is 0 Å². The van der Waals surface area contributed by atoms with Crippen LogP contribution in [0.5, 0.6) is 0 Å². The molecule has 1 aliphatic rings. The average Bonchev–Trinajstić information content (AvgIpc) is 2.40. The van der Waals surface area contributed by atoms with Gasteiger partial charge in [0.25, 0.3) is 0 Å². The summed E-state index contributed by atoms with van der Waals surface area (Å²) in [5.74, 6) is 0.250. The molecule has 0 aliphatic heterocycles. The Morgan fingerprint density at radius 2 is 1.89 bits per heavy atom. The fourth-order valence-electron chi connectivity index (χ4n) is 2.85. The second-order valence-corrected chi connectivity index (χ2v) is 4.94. The summed E-state index contributed by atoms with van der Waals surface area (Å²) < 4.78 is 13.8. The van der Waals surface area contributed by atoms with Crippen LogP contribution in [-0.2, 0) is 0 Å². The molecule has 1 saturated carbocycles. The lowest BCUT2D eigenvalue weighted by atomic mass is 9.85. The monoisotopic (exact) mass is 245 g/mol. The van der Waals surface area contributed by atoms with Gasteiger partial charge in [0.2, 0.25) is 5.95 Å². The van der Waals surface area contributed by atoms with Gasteiger partial charge in [-0.05, 0) is 18.9 Å². The maximum Gasteiger partial charge on any atom is 0.220 e. The van der Waals surface area contributed by atoms with Crippen molar-refractivity contribution < 1.29 is 4.39 Å². The van der Waals surface area contributed by atoms with Crippen molar-refractivity contribution in [2.45, 2.75) is 38.0 Å². The highest BCUT2D eigenvalue weighted by molar-refractivity contribution is 5.82. The molecule has 2 aromatic rings. The number of nitrogens with two attached hydrogens (primary N) is 1. The Kier molecular flexibility index (Phi) is 2.86. The molecule has 0 unspecified atom stereocenters. The number of benzene rings is 1. The topological polar surface area (TPSA) is 51.8 Å². The van der Waals surface area contributed by atoms with E-state index in [1.807, 2.05) is 6.07 Å². The van der Waals surface area contributed by atoms with Gasteiger partial charge in [0.1, 0.15) is 11.3 Å². The van der Waals surface area contributed by atoms with Crippen molar-refractivity contribution in [2.24, 2.45) is 0 Å². The Morgan fingerprint density at radius 1 is 1.11 bits per heavy atom. The molecule has 0 radical (unpaired) electrons. The van der Waals surface area contributed by atoms with Gasteiger partial charge in [0.15, 0.2) is 0 Å². The van der Waals surface area contributed by atoms with Gasteiger partial charge in [-0.25, -0.2) is 14.4 Å². The van der Waals surface area contributed by atoms with E-state index in [4.69, 9.17) is 5.73 Å². The Labute approximate surface area is 105 Å². The van der Waals surface area contributed by atoms with E-state index in [1.165, 1.54) is 25.3 Å². The SMILES string of the molecule is Nc1nc(C2CCCCC2)c2cccc(F)c2n1. The van der Waals surface area contributed by atoms with Gasteiger partial charge in [-0.2, -0.15) is 0 Å². The molecule has 18 heavy (non-hydrogen) atoms. The largest absolute Gasteiger partial charge is 0.368 e. The van der Waals surface area contributed by atoms with Gasteiger partial charge in [0.05, 0.1) is 5.69 Å². The standard InChI is InChI=1S/C14H16FN3/c15-11-8-4-7-10-12(9-5-2-1-3-6-9)17-14(16)18-13(10)11/h4,7-9H,1-3,5-6H2,(H2,16,17,18). The quantitative estimate of drug-likeness (QED) is 0.837. The molecule has 1 aromatic carbocycles. The number of aromatic nitrogens is 2. The van der Waals surface area contributed by atoms with Crippen molar-refractivity contribution in [2.75, 3.05) is 5.73 Å². The second-order valence-electron chi connectivity index (χ2n) is 4.94.